The van der Waals surface area contributed by atoms with Gasteiger partial charge in [-0.25, -0.2) is 5.01 Å². The zero-order chi connectivity index (χ0) is 12.3. The number of hydrogen-bond donors (Lipinski definition) is 1. The molecule has 0 radical (unpaired) electrons. The third kappa shape index (κ3) is 3.30. The highest BCUT2D eigenvalue weighted by Gasteiger charge is 2.15. The summed E-state index contributed by atoms with van der Waals surface area (Å²) >= 11 is 3.40. The van der Waals surface area contributed by atoms with Crippen molar-refractivity contribution in [2.24, 2.45) is 0 Å². The van der Waals surface area contributed by atoms with Crippen LogP contribution in [0.3, 0.4) is 0 Å². The number of nitrogens with one attached hydrogen (secondary N) is 1. The van der Waals surface area contributed by atoms with E-state index in [9.17, 15) is 4.79 Å². The van der Waals surface area contributed by atoms with Crippen molar-refractivity contribution in [3.05, 3.63) is 33.8 Å². The zero-order valence-corrected chi connectivity index (χ0v) is 11.6. The smallest absolute Gasteiger partial charge is 0.265 e. The molecular weight excluding hydrogens is 280 g/mol. The maximum absolute atomic E-state index is 12.1. The Bertz CT molecular complexity index is 414. The van der Waals surface area contributed by atoms with Gasteiger partial charge in [0.2, 0.25) is 0 Å². The lowest BCUT2D eigenvalue weighted by atomic mass is 10.1. The third-order valence-electron chi connectivity index (χ3n) is 3.06. The maximum atomic E-state index is 12.1. The zero-order valence-electron chi connectivity index (χ0n) is 10.0. The average Bonchev–Trinajstić information content (AvgIpc) is 2.33. The number of carbonyl (C=O) groups excluding carboxylic acids is 1. The number of piperidine rings is 1. The summed E-state index contributed by atoms with van der Waals surface area (Å²) in [5.41, 5.74) is 4.72. The summed E-state index contributed by atoms with van der Waals surface area (Å²) < 4.78 is 0.937. The molecule has 1 aliphatic rings. The van der Waals surface area contributed by atoms with Gasteiger partial charge in [0.25, 0.3) is 5.91 Å². The van der Waals surface area contributed by atoms with Gasteiger partial charge < -0.3 is 0 Å². The molecule has 3 nitrogen and oxygen atoms in total. The number of aryl methyl sites for hydroxylation is 1. The first kappa shape index (κ1) is 12.6. The minimum absolute atomic E-state index is 0.00861. The molecule has 1 aromatic carbocycles. The molecule has 0 atom stereocenters. The lowest BCUT2D eigenvalue weighted by Crippen LogP contribution is -2.45. The summed E-state index contributed by atoms with van der Waals surface area (Å²) in [6, 6.07) is 5.77. The molecule has 1 saturated heterocycles. The van der Waals surface area contributed by atoms with Crippen molar-refractivity contribution in [3.63, 3.8) is 0 Å². The second kappa shape index (κ2) is 5.65. The van der Waals surface area contributed by atoms with Gasteiger partial charge in [-0.2, -0.15) is 0 Å². The van der Waals surface area contributed by atoms with Crippen molar-refractivity contribution in [2.75, 3.05) is 13.1 Å². The van der Waals surface area contributed by atoms with Crippen LogP contribution in [0.4, 0.5) is 0 Å². The normalized spacial score (nSPS) is 16.8. The molecule has 1 aliphatic heterocycles. The first-order valence-electron chi connectivity index (χ1n) is 5.99. The van der Waals surface area contributed by atoms with Crippen LogP contribution in [0.5, 0.6) is 0 Å². The highest BCUT2D eigenvalue weighted by molar-refractivity contribution is 9.10. The molecule has 2 rings (SSSR count). The Morgan fingerprint density at radius 2 is 2.00 bits per heavy atom. The van der Waals surface area contributed by atoms with Crippen LogP contribution in [0.25, 0.3) is 0 Å². The topological polar surface area (TPSA) is 32.3 Å². The fourth-order valence-corrected chi connectivity index (χ4v) is 2.41. The Hall–Kier alpha value is -0.870. The van der Waals surface area contributed by atoms with Crippen LogP contribution in [-0.4, -0.2) is 24.0 Å². The predicted octanol–water partition coefficient (Wildman–Crippen LogP) is 2.89. The van der Waals surface area contributed by atoms with Gasteiger partial charge >= 0.3 is 0 Å². The number of hydrazine groups is 1. The standard InChI is InChI=1S/C13H17BrN2O/c1-10-5-6-11(14)9-12(10)13(17)15-16-7-3-2-4-8-16/h5-6,9H,2-4,7-8H2,1H3,(H,15,17). The highest BCUT2D eigenvalue weighted by Crippen LogP contribution is 2.16. The molecule has 1 N–H and O–H groups in total. The molecule has 0 saturated carbocycles. The van der Waals surface area contributed by atoms with Gasteiger partial charge in [-0.1, -0.05) is 28.4 Å². The van der Waals surface area contributed by atoms with Gasteiger partial charge in [-0.05, 0) is 37.5 Å². The molecule has 1 amide bonds. The van der Waals surface area contributed by atoms with E-state index in [0.717, 1.165) is 41.5 Å². The number of benzene rings is 1. The van der Waals surface area contributed by atoms with Crippen LogP contribution in [-0.2, 0) is 0 Å². The highest BCUT2D eigenvalue weighted by atomic mass is 79.9. The second-order valence-electron chi connectivity index (χ2n) is 4.45. The third-order valence-corrected chi connectivity index (χ3v) is 3.55. The van der Waals surface area contributed by atoms with E-state index in [1.54, 1.807) is 0 Å². The van der Waals surface area contributed by atoms with Gasteiger partial charge in [0.15, 0.2) is 0 Å². The fraction of sp³-hybridized carbons (Fsp3) is 0.462. The van der Waals surface area contributed by atoms with Gasteiger partial charge in [0.1, 0.15) is 0 Å². The van der Waals surface area contributed by atoms with E-state index in [0.29, 0.717) is 0 Å². The molecule has 0 aliphatic carbocycles. The molecule has 4 heteroatoms. The molecule has 0 aromatic heterocycles. The van der Waals surface area contributed by atoms with Gasteiger partial charge in [0.05, 0.1) is 0 Å². The lowest BCUT2D eigenvalue weighted by molar-refractivity contribution is 0.0749. The Labute approximate surface area is 110 Å². The van der Waals surface area contributed by atoms with Crippen molar-refractivity contribution in [1.82, 2.24) is 10.4 Å². The van der Waals surface area contributed by atoms with Crippen molar-refractivity contribution in [1.29, 1.82) is 0 Å². The van der Waals surface area contributed by atoms with Crippen molar-refractivity contribution in [3.8, 4) is 0 Å². The van der Waals surface area contributed by atoms with Gasteiger partial charge in [0, 0.05) is 23.1 Å². The molecule has 17 heavy (non-hydrogen) atoms. The summed E-state index contributed by atoms with van der Waals surface area (Å²) in [6.45, 7) is 3.87. The molecule has 1 fully saturated rings. The van der Waals surface area contributed by atoms with E-state index < -0.39 is 0 Å². The number of amides is 1. The van der Waals surface area contributed by atoms with E-state index in [4.69, 9.17) is 0 Å². The van der Waals surface area contributed by atoms with E-state index in [-0.39, 0.29) is 5.91 Å². The Morgan fingerprint density at radius 3 is 2.71 bits per heavy atom. The maximum Gasteiger partial charge on any atom is 0.265 e. The summed E-state index contributed by atoms with van der Waals surface area (Å²) in [7, 11) is 0. The Morgan fingerprint density at radius 1 is 1.29 bits per heavy atom. The van der Waals surface area contributed by atoms with Crippen LogP contribution in [0.2, 0.25) is 0 Å². The van der Waals surface area contributed by atoms with Crippen molar-refractivity contribution in [2.45, 2.75) is 26.2 Å². The minimum Gasteiger partial charge on any atom is -0.285 e. The largest absolute Gasteiger partial charge is 0.285 e. The number of hydrogen-bond acceptors (Lipinski definition) is 2. The molecule has 1 heterocycles. The average molecular weight is 297 g/mol. The molecule has 0 bridgehead atoms. The summed E-state index contributed by atoms with van der Waals surface area (Å²) in [5.74, 6) is -0.00861. The molecular formula is C13H17BrN2O. The van der Waals surface area contributed by atoms with Crippen LogP contribution < -0.4 is 5.43 Å². The predicted molar refractivity (Wildman–Crippen MR) is 71.8 cm³/mol. The SMILES string of the molecule is Cc1ccc(Br)cc1C(=O)NN1CCCCC1. The second-order valence-corrected chi connectivity index (χ2v) is 5.36. The van der Waals surface area contributed by atoms with E-state index >= 15 is 0 Å². The summed E-state index contributed by atoms with van der Waals surface area (Å²) in [5, 5.41) is 2.02. The van der Waals surface area contributed by atoms with Crippen LogP contribution in [0.1, 0.15) is 35.2 Å². The Balaban J connectivity index is 2.05. The van der Waals surface area contributed by atoms with Gasteiger partial charge in [-0.15, -0.1) is 0 Å². The molecule has 0 unspecified atom stereocenters. The fourth-order valence-electron chi connectivity index (χ4n) is 2.05. The van der Waals surface area contributed by atoms with E-state index in [1.807, 2.05) is 30.1 Å². The number of rotatable bonds is 2. The monoisotopic (exact) mass is 296 g/mol. The quantitative estimate of drug-likeness (QED) is 0.910. The molecule has 0 spiro atoms. The first-order valence-corrected chi connectivity index (χ1v) is 6.78. The summed E-state index contributed by atoms with van der Waals surface area (Å²) in [4.78, 5) is 12.1. The molecule has 92 valence electrons. The van der Waals surface area contributed by atoms with Crippen molar-refractivity contribution < 1.29 is 4.79 Å². The lowest BCUT2D eigenvalue weighted by Gasteiger charge is -2.27. The van der Waals surface area contributed by atoms with Crippen LogP contribution in [0, 0.1) is 6.92 Å². The summed E-state index contributed by atoms with van der Waals surface area (Å²) in [6.07, 6.45) is 3.60. The minimum atomic E-state index is -0.00861. The van der Waals surface area contributed by atoms with Crippen LogP contribution in [0.15, 0.2) is 22.7 Å². The first-order chi connectivity index (χ1) is 8.16. The van der Waals surface area contributed by atoms with E-state index in [2.05, 4.69) is 21.4 Å². The Kier molecular flexibility index (Phi) is 4.18. The molecule has 1 aromatic rings. The number of nitrogens with zero attached hydrogens (tertiary/aromatic N) is 1. The van der Waals surface area contributed by atoms with Crippen LogP contribution >= 0.6 is 15.9 Å². The number of carbonyl (C=O) groups is 1. The van der Waals surface area contributed by atoms with Gasteiger partial charge in [-0.3, -0.25) is 10.2 Å². The number of halogens is 1. The van der Waals surface area contributed by atoms with Crippen molar-refractivity contribution >= 4 is 21.8 Å². The van der Waals surface area contributed by atoms with E-state index in [1.165, 1.54) is 6.42 Å².